The van der Waals surface area contributed by atoms with Crippen LogP contribution in [0.2, 0.25) is 5.15 Å². The van der Waals surface area contributed by atoms with Crippen LogP contribution < -0.4 is 0 Å². The van der Waals surface area contributed by atoms with Crippen molar-refractivity contribution in [2.45, 2.75) is 32.9 Å². The quantitative estimate of drug-likeness (QED) is 0.739. The molecule has 0 fully saturated rings. The summed E-state index contributed by atoms with van der Waals surface area (Å²) in [5, 5.41) is 0.195. The van der Waals surface area contributed by atoms with Crippen LogP contribution in [0.4, 0.5) is 13.2 Å². The van der Waals surface area contributed by atoms with Gasteiger partial charge in [0.15, 0.2) is 0 Å². The second-order valence-electron chi connectivity index (χ2n) is 4.70. The van der Waals surface area contributed by atoms with Gasteiger partial charge in [-0.15, -0.1) is 0 Å². The average Bonchev–Trinajstić information content (AvgIpc) is 2.42. The van der Waals surface area contributed by atoms with Gasteiger partial charge in [-0.2, -0.15) is 13.2 Å². The lowest BCUT2D eigenvalue weighted by molar-refractivity contribution is -0.137. The molecule has 0 spiro atoms. The summed E-state index contributed by atoms with van der Waals surface area (Å²) >= 11 is 6.04. The third-order valence-corrected chi connectivity index (χ3v) is 3.46. The predicted octanol–water partition coefficient (Wildman–Crippen LogP) is 5.08. The van der Waals surface area contributed by atoms with E-state index in [1.165, 1.54) is 12.1 Å². The minimum Gasteiger partial charge on any atom is -0.233 e. The molecule has 0 atom stereocenters. The smallest absolute Gasteiger partial charge is 0.233 e. The third kappa shape index (κ3) is 3.35. The van der Waals surface area contributed by atoms with E-state index in [1.54, 1.807) is 13.0 Å². The maximum atomic E-state index is 13.1. The van der Waals surface area contributed by atoms with Crippen molar-refractivity contribution in [2.24, 2.45) is 0 Å². The van der Waals surface area contributed by atoms with Crippen LogP contribution in [-0.2, 0) is 12.6 Å². The molecule has 0 unspecified atom stereocenters. The van der Waals surface area contributed by atoms with Crippen LogP contribution in [-0.4, -0.2) is 9.97 Å². The van der Waals surface area contributed by atoms with Gasteiger partial charge >= 0.3 is 6.18 Å². The van der Waals surface area contributed by atoms with Gasteiger partial charge < -0.3 is 0 Å². The standard InChI is InChI=1S/C15H14ClF3N2/c1-3-6-12-20-13(9(2)14(16)21-12)10-7-4-5-8-11(10)15(17,18)19/h4-5,7-8H,3,6H2,1-2H3. The fourth-order valence-corrected chi connectivity index (χ4v) is 2.25. The van der Waals surface area contributed by atoms with Gasteiger partial charge in [0.2, 0.25) is 0 Å². The number of aryl methyl sites for hydroxylation is 1. The normalized spacial score (nSPS) is 11.7. The van der Waals surface area contributed by atoms with Crippen LogP contribution in [0, 0.1) is 6.92 Å². The number of rotatable bonds is 3. The maximum absolute atomic E-state index is 13.1. The molecule has 1 aromatic heterocycles. The Morgan fingerprint density at radius 3 is 2.43 bits per heavy atom. The Balaban J connectivity index is 2.67. The van der Waals surface area contributed by atoms with Crippen LogP contribution in [0.15, 0.2) is 24.3 Å². The highest BCUT2D eigenvalue weighted by Gasteiger charge is 2.34. The van der Waals surface area contributed by atoms with Gasteiger partial charge in [0, 0.05) is 17.5 Å². The van der Waals surface area contributed by atoms with E-state index in [0.29, 0.717) is 17.8 Å². The SMILES string of the molecule is CCCc1nc(Cl)c(C)c(-c2ccccc2C(F)(F)F)n1. The van der Waals surface area contributed by atoms with Crippen molar-refractivity contribution in [3.8, 4) is 11.3 Å². The summed E-state index contributed by atoms with van der Waals surface area (Å²) in [6.45, 7) is 3.57. The first-order valence-electron chi connectivity index (χ1n) is 6.54. The highest BCUT2D eigenvalue weighted by atomic mass is 35.5. The van der Waals surface area contributed by atoms with E-state index >= 15 is 0 Å². The molecule has 0 saturated heterocycles. The molecule has 1 heterocycles. The van der Waals surface area contributed by atoms with E-state index in [4.69, 9.17) is 11.6 Å². The number of alkyl halides is 3. The van der Waals surface area contributed by atoms with E-state index in [0.717, 1.165) is 12.5 Å². The van der Waals surface area contributed by atoms with E-state index in [1.807, 2.05) is 6.92 Å². The predicted molar refractivity (Wildman–Crippen MR) is 76.2 cm³/mol. The van der Waals surface area contributed by atoms with Crippen LogP contribution in [0.1, 0.15) is 30.3 Å². The maximum Gasteiger partial charge on any atom is 0.417 e. The zero-order valence-corrected chi connectivity index (χ0v) is 12.4. The number of benzene rings is 1. The van der Waals surface area contributed by atoms with Gasteiger partial charge in [0.25, 0.3) is 0 Å². The van der Waals surface area contributed by atoms with E-state index in [2.05, 4.69) is 9.97 Å². The van der Waals surface area contributed by atoms with Gasteiger partial charge in [0.1, 0.15) is 11.0 Å². The Morgan fingerprint density at radius 2 is 1.81 bits per heavy atom. The topological polar surface area (TPSA) is 25.8 Å². The zero-order chi connectivity index (χ0) is 15.6. The fourth-order valence-electron chi connectivity index (χ4n) is 2.07. The highest BCUT2D eigenvalue weighted by molar-refractivity contribution is 6.30. The summed E-state index contributed by atoms with van der Waals surface area (Å²) in [6.07, 6.45) is -3.08. The average molecular weight is 315 g/mol. The van der Waals surface area contributed by atoms with E-state index in [9.17, 15) is 13.2 Å². The van der Waals surface area contributed by atoms with Crippen LogP contribution in [0.3, 0.4) is 0 Å². The molecule has 112 valence electrons. The number of aromatic nitrogens is 2. The molecule has 6 heteroatoms. The fraction of sp³-hybridized carbons (Fsp3) is 0.333. The lowest BCUT2D eigenvalue weighted by Crippen LogP contribution is -2.09. The lowest BCUT2D eigenvalue weighted by Gasteiger charge is -2.15. The Kier molecular flexibility index (Phi) is 4.52. The molecule has 21 heavy (non-hydrogen) atoms. The monoisotopic (exact) mass is 314 g/mol. The molecular weight excluding hydrogens is 301 g/mol. The first-order chi connectivity index (χ1) is 9.84. The molecule has 0 amide bonds. The molecule has 0 aliphatic carbocycles. The summed E-state index contributed by atoms with van der Waals surface area (Å²) in [5.74, 6) is 0.458. The molecule has 2 rings (SSSR count). The van der Waals surface area contributed by atoms with E-state index in [-0.39, 0.29) is 16.4 Å². The van der Waals surface area contributed by atoms with Gasteiger partial charge in [-0.3, -0.25) is 0 Å². The molecular formula is C15H14ClF3N2. The minimum absolute atomic E-state index is 0.0316. The molecule has 0 bridgehead atoms. The third-order valence-electron chi connectivity index (χ3n) is 3.09. The van der Waals surface area contributed by atoms with Crippen LogP contribution in [0.5, 0.6) is 0 Å². The van der Waals surface area contributed by atoms with Gasteiger partial charge in [-0.1, -0.05) is 36.7 Å². The largest absolute Gasteiger partial charge is 0.417 e. The number of nitrogens with zero attached hydrogens (tertiary/aromatic N) is 2. The molecule has 2 aromatic rings. The van der Waals surface area contributed by atoms with Crippen molar-refractivity contribution >= 4 is 11.6 Å². The number of hydrogen-bond acceptors (Lipinski definition) is 2. The van der Waals surface area contributed by atoms with Gasteiger partial charge in [-0.25, -0.2) is 9.97 Å². The molecule has 0 aliphatic rings. The second-order valence-corrected chi connectivity index (χ2v) is 5.06. The van der Waals surface area contributed by atoms with Crippen molar-refractivity contribution < 1.29 is 13.2 Å². The lowest BCUT2D eigenvalue weighted by atomic mass is 10.0. The minimum atomic E-state index is -4.44. The van der Waals surface area contributed by atoms with Crippen LogP contribution >= 0.6 is 11.6 Å². The van der Waals surface area contributed by atoms with Crippen molar-refractivity contribution in [3.63, 3.8) is 0 Å². The first-order valence-corrected chi connectivity index (χ1v) is 6.92. The summed E-state index contributed by atoms with van der Waals surface area (Å²) in [5.41, 5.74) is 0.00839. The van der Waals surface area contributed by atoms with Crippen molar-refractivity contribution in [1.29, 1.82) is 0 Å². The van der Waals surface area contributed by atoms with Crippen LogP contribution in [0.25, 0.3) is 11.3 Å². The molecule has 0 N–H and O–H groups in total. The molecule has 0 radical (unpaired) electrons. The Morgan fingerprint density at radius 1 is 1.14 bits per heavy atom. The first kappa shape index (κ1) is 15.8. The zero-order valence-electron chi connectivity index (χ0n) is 11.6. The molecule has 0 aliphatic heterocycles. The van der Waals surface area contributed by atoms with Crippen molar-refractivity contribution in [3.05, 3.63) is 46.4 Å². The Labute approximate surface area is 126 Å². The summed E-state index contributed by atoms with van der Waals surface area (Å²) < 4.78 is 39.4. The summed E-state index contributed by atoms with van der Waals surface area (Å²) in [6, 6.07) is 5.37. The molecule has 2 nitrogen and oxygen atoms in total. The number of halogens is 4. The summed E-state index contributed by atoms with van der Waals surface area (Å²) in [4.78, 5) is 8.39. The second kappa shape index (κ2) is 6.02. The van der Waals surface area contributed by atoms with Gasteiger partial charge in [-0.05, 0) is 19.4 Å². The van der Waals surface area contributed by atoms with Crippen molar-refractivity contribution in [1.82, 2.24) is 9.97 Å². The molecule has 0 saturated carbocycles. The highest BCUT2D eigenvalue weighted by Crippen LogP contribution is 2.38. The Hall–Kier alpha value is -1.62. The van der Waals surface area contributed by atoms with Gasteiger partial charge in [0.05, 0.1) is 11.3 Å². The van der Waals surface area contributed by atoms with Crippen molar-refractivity contribution in [2.75, 3.05) is 0 Å². The van der Waals surface area contributed by atoms with E-state index < -0.39 is 11.7 Å². The summed E-state index contributed by atoms with van der Waals surface area (Å²) in [7, 11) is 0. The molecule has 1 aromatic carbocycles. The number of hydrogen-bond donors (Lipinski definition) is 0. The Bertz CT molecular complexity index is 654.